The fraction of sp³-hybridized carbons (Fsp3) is 0.400. The normalized spacial score (nSPS) is 11.0. The molecule has 0 saturated heterocycles. The van der Waals surface area contributed by atoms with E-state index in [1.165, 1.54) is 24.8 Å². The number of hydrogen-bond donors (Lipinski definition) is 1. The van der Waals surface area contributed by atoms with Crippen molar-refractivity contribution in [3.05, 3.63) is 41.0 Å². The van der Waals surface area contributed by atoms with Gasteiger partial charge in [0.25, 0.3) is 0 Å². The van der Waals surface area contributed by atoms with Crippen molar-refractivity contribution in [2.75, 3.05) is 6.54 Å². The van der Waals surface area contributed by atoms with Crippen molar-refractivity contribution in [2.45, 2.75) is 32.7 Å². The summed E-state index contributed by atoms with van der Waals surface area (Å²) in [5.74, 6) is 0. The Bertz CT molecular complexity index is 511. The maximum absolute atomic E-state index is 6.17. The monoisotopic (exact) mass is 262 g/mol. The minimum atomic E-state index is 0.771. The average Bonchev–Trinajstić information content (AvgIpc) is 2.41. The minimum absolute atomic E-state index is 0.771. The van der Waals surface area contributed by atoms with Crippen LogP contribution in [0, 0.1) is 0 Å². The number of pyridine rings is 1. The number of fused-ring (bicyclic) bond motifs is 1. The highest BCUT2D eigenvalue weighted by atomic mass is 35.5. The molecule has 0 aliphatic carbocycles. The maximum Gasteiger partial charge on any atom is 0.0761 e. The van der Waals surface area contributed by atoms with Gasteiger partial charge in [0, 0.05) is 23.2 Å². The molecule has 96 valence electrons. The number of unbranched alkanes of at least 4 members (excludes halogenated alkanes) is 2. The number of hydrogen-bond acceptors (Lipinski definition) is 2. The Balaban J connectivity index is 2.07. The van der Waals surface area contributed by atoms with Gasteiger partial charge >= 0.3 is 0 Å². The quantitative estimate of drug-likeness (QED) is 0.791. The Morgan fingerprint density at radius 1 is 1.22 bits per heavy atom. The van der Waals surface area contributed by atoms with Gasteiger partial charge in [-0.1, -0.05) is 37.4 Å². The lowest BCUT2D eigenvalue weighted by atomic mass is 10.1. The highest BCUT2D eigenvalue weighted by Crippen LogP contribution is 2.24. The molecular weight excluding hydrogens is 244 g/mol. The van der Waals surface area contributed by atoms with E-state index in [9.17, 15) is 0 Å². The molecule has 2 nitrogen and oxygen atoms in total. The van der Waals surface area contributed by atoms with Crippen LogP contribution >= 0.6 is 11.6 Å². The van der Waals surface area contributed by atoms with Crippen LogP contribution in [0.15, 0.2) is 30.5 Å². The summed E-state index contributed by atoms with van der Waals surface area (Å²) in [6, 6.07) is 7.96. The van der Waals surface area contributed by atoms with Crippen molar-refractivity contribution >= 4 is 22.5 Å². The number of nitrogens with zero attached hydrogens (tertiary/aromatic N) is 1. The maximum atomic E-state index is 6.17. The van der Waals surface area contributed by atoms with E-state index in [1.807, 2.05) is 24.4 Å². The van der Waals surface area contributed by atoms with Crippen LogP contribution in [0.3, 0.4) is 0 Å². The SMILES string of the molecule is CCCCCNCc1ccc(Cl)c2cccnc12. The molecule has 1 N–H and O–H groups in total. The fourth-order valence-electron chi connectivity index (χ4n) is 2.06. The highest BCUT2D eigenvalue weighted by molar-refractivity contribution is 6.35. The molecule has 0 unspecified atom stereocenters. The first-order valence-corrected chi connectivity index (χ1v) is 6.93. The second kappa shape index (κ2) is 6.72. The van der Waals surface area contributed by atoms with E-state index < -0.39 is 0 Å². The third-order valence-electron chi connectivity index (χ3n) is 3.07. The van der Waals surface area contributed by atoms with Crippen molar-refractivity contribution in [1.82, 2.24) is 10.3 Å². The molecule has 1 aromatic heterocycles. The molecule has 3 heteroatoms. The summed E-state index contributed by atoms with van der Waals surface area (Å²) < 4.78 is 0. The van der Waals surface area contributed by atoms with Crippen molar-refractivity contribution < 1.29 is 0 Å². The number of nitrogens with one attached hydrogen (secondary N) is 1. The molecule has 2 aromatic rings. The minimum Gasteiger partial charge on any atom is -0.313 e. The van der Waals surface area contributed by atoms with Gasteiger partial charge in [-0.15, -0.1) is 0 Å². The molecule has 0 bridgehead atoms. The van der Waals surface area contributed by atoms with E-state index >= 15 is 0 Å². The molecule has 0 fully saturated rings. The molecule has 0 amide bonds. The Hall–Kier alpha value is -1.12. The summed E-state index contributed by atoms with van der Waals surface area (Å²) >= 11 is 6.17. The summed E-state index contributed by atoms with van der Waals surface area (Å²) in [6.07, 6.45) is 5.59. The average molecular weight is 263 g/mol. The lowest BCUT2D eigenvalue weighted by Crippen LogP contribution is -2.15. The second-order valence-corrected chi connectivity index (χ2v) is 4.90. The first-order valence-electron chi connectivity index (χ1n) is 6.55. The number of rotatable bonds is 6. The number of aromatic nitrogens is 1. The Kier molecular flexibility index (Phi) is 4.97. The smallest absolute Gasteiger partial charge is 0.0761 e. The Labute approximate surface area is 113 Å². The molecule has 18 heavy (non-hydrogen) atoms. The first kappa shape index (κ1) is 13.3. The van der Waals surface area contributed by atoms with Crippen LogP contribution in [0.5, 0.6) is 0 Å². The predicted molar refractivity (Wildman–Crippen MR) is 78.0 cm³/mol. The summed E-state index contributed by atoms with van der Waals surface area (Å²) in [7, 11) is 0. The Morgan fingerprint density at radius 2 is 2.11 bits per heavy atom. The van der Waals surface area contributed by atoms with E-state index in [2.05, 4.69) is 23.3 Å². The van der Waals surface area contributed by atoms with E-state index in [1.54, 1.807) is 0 Å². The largest absolute Gasteiger partial charge is 0.313 e. The van der Waals surface area contributed by atoms with Gasteiger partial charge in [0.05, 0.1) is 5.52 Å². The van der Waals surface area contributed by atoms with Crippen molar-refractivity contribution in [2.24, 2.45) is 0 Å². The molecule has 2 rings (SSSR count). The van der Waals surface area contributed by atoms with Crippen molar-refractivity contribution in [3.8, 4) is 0 Å². The molecule has 0 aliphatic rings. The molecule has 0 radical (unpaired) electrons. The van der Waals surface area contributed by atoms with Gasteiger partial charge in [-0.05, 0) is 36.7 Å². The van der Waals surface area contributed by atoms with Crippen molar-refractivity contribution in [3.63, 3.8) is 0 Å². The van der Waals surface area contributed by atoms with Gasteiger partial charge < -0.3 is 5.32 Å². The molecule has 1 aromatic carbocycles. The lowest BCUT2D eigenvalue weighted by Gasteiger charge is -2.08. The van der Waals surface area contributed by atoms with Crippen LogP contribution in [0.2, 0.25) is 5.02 Å². The zero-order chi connectivity index (χ0) is 12.8. The topological polar surface area (TPSA) is 24.9 Å². The molecule has 1 heterocycles. The molecule has 0 aliphatic heterocycles. The van der Waals surface area contributed by atoms with Crippen LogP contribution in [0.1, 0.15) is 31.7 Å². The summed E-state index contributed by atoms with van der Waals surface area (Å²) in [5, 5.41) is 5.27. The first-order chi connectivity index (χ1) is 8.83. The van der Waals surface area contributed by atoms with Crippen molar-refractivity contribution in [1.29, 1.82) is 0 Å². The number of halogens is 1. The van der Waals surface area contributed by atoms with Gasteiger partial charge in [0.15, 0.2) is 0 Å². The third kappa shape index (κ3) is 3.21. The van der Waals surface area contributed by atoms with E-state index in [4.69, 9.17) is 11.6 Å². The number of benzene rings is 1. The summed E-state index contributed by atoms with van der Waals surface area (Å²) in [5.41, 5.74) is 2.22. The van der Waals surface area contributed by atoms with Crippen LogP contribution in [0.25, 0.3) is 10.9 Å². The lowest BCUT2D eigenvalue weighted by molar-refractivity contribution is 0.618. The van der Waals surface area contributed by atoms with Gasteiger partial charge in [-0.2, -0.15) is 0 Å². The highest BCUT2D eigenvalue weighted by Gasteiger charge is 2.04. The van der Waals surface area contributed by atoms with E-state index in [0.717, 1.165) is 29.0 Å². The summed E-state index contributed by atoms with van der Waals surface area (Å²) in [6.45, 7) is 4.13. The Morgan fingerprint density at radius 3 is 2.94 bits per heavy atom. The zero-order valence-corrected chi connectivity index (χ0v) is 11.5. The molecule has 0 spiro atoms. The van der Waals surface area contributed by atoms with Crippen LogP contribution < -0.4 is 5.32 Å². The van der Waals surface area contributed by atoms with Gasteiger partial charge in [0.1, 0.15) is 0 Å². The molecule has 0 saturated carbocycles. The van der Waals surface area contributed by atoms with Crippen LogP contribution in [-0.4, -0.2) is 11.5 Å². The van der Waals surface area contributed by atoms with Gasteiger partial charge in [-0.3, -0.25) is 4.98 Å². The van der Waals surface area contributed by atoms with Gasteiger partial charge in [0.2, 0.25) is 0 Å². The van der Waals surface area contributed by atoms with Crippen LogP contribution in [-0.2, 0) is 6.54 Å². The second-order valence-electron chi connectivity index (χ2n) is 4.49. The predicted octanol–water partition coefficient (Wildman–Crippen LogP) is 4.17. The molecule has 0 atom stereocenters. The van der Waals surface area contributed by atoms with E-state index in [-0.39, 0.29) is 0 Å². The third-order valence-corrected chi connectivity index (χ3v) is 3.40. The fourth-order valence-corrected chi connectivity index (χ4v) is 2.28. The van der Waals surface area contributed by atoms with Crippen LogP contribution in [0.4, 0.5) is 0 Å². The summed E-state index contributed by atoms with van der Waals surface area (Å²) in [4.78, 5) is 4.43. The zero-order valence-electron chi connectivity index (χ0n) is 10.7. The van der Waals surface area contributed by atoms with Gasteiger partial charge in [-0.25, -0.2) is 0 Å². The standard InChI is InChI=1S/C15H19ClN2/c1-2-3-4-9-17-11-12-7-8-14(16)13-6-5-10-18-15(12)13/h5-8,10,17H,2-4,9,11H2,1H3. The van der Waals surface area contributed by atoms with E-state index in [0.29, 0.717) is 0 Å². The molecular formula is C15H19ClN2.